The molecule has 17 heavy (non-hydrogen) atoms. The molecule has 0 amide bonds. The van der Waals surface area contributed by atoms with Gasteiger partial charge in [-0.1, -0.05) is 19.8 Å². The van der Waals surface area contributed by atoms with E-state index in [0.29, 0.717) is 0 Å². The summed E-state index contributed by atoms with van der Waals surface area (Å²) in [7, 11) is 4.47. The van der Waals surface area contributed by atoms with Gasteiger partial charge in [-0.2, -0.15) is 0 Å². The molecule has 2 atom stereocenters. The van der Waals surface area contributed by atoms with Gasteiger partial charge >= 0.3 is 0 Å². The minimum Gasteiger partial charge on any atom is -0.335 e. The van der Waals surface area contributed by atoms with Crippen LogP contribution in [0, 0.1) is 11.8 Å². The Morgan fingerprint density at radius 1 is 1.06 bits per heavy atom. The molecule has 1 saturated heterocycles. The fraction of sp³-hybridized carbons (Fsp3) is 1.00. The lowest BCUT2D eigenvalue weighted by molar-refractivity contribution is -0.909. The third-order valence-corrected chi connectivity index (χ3v) is 5.01. The number of quaternary nitrogens is 1. The maximum Gasteiger partial charge on any atom is 0.0799 e. The van der Waals surface area contributed by atoms with Gasteiger partial charge in [0.1, 0.15) is 0 Å². The van der Waals surface area contributed by atoms with Crippen LogP contribution in [0.15, 0.2) is 0 Å². The highest BCUT2D eigenvalue weighted by molar-refractivity contribution is 4.72. The second-order valence-corrected chi connectivity index (χ2v) is 6.79. The zero-order valence-corrected chi connectivity index (χ0v) is 12.0. The monoisotopic (exact) mass is 239 g/mol. The molecule has 0 spiro atoms. The molecule has 0 aromatic carbocycles. The first-order valence-corrected chi connectivity index (χ1v) is 7.65. The lowest BCUT2D eigenvalue weighted by Gasteiger charge is -2.36. The second-order valence-electron chi connectivity index (χ2n) is 6.79. The van der Waals surface area contributed by atoms with Crippen molar-refractivity contribution in [1.29, 1.82) is 0 Å². The average Bonchev–Trinajstić information content (AvgIpc) is 2.29. The molecule has 1 aliphatic carbocycles. The molecule has 1 saturated carbocycles. The largest absolute Gasteiger partial charge is 0.335 e. The minimum atomic E-state index is 0.851. The number of hydrogen-bond acceptors (Lipinski definition) is 1. The van der Waals surface area contributed by atoms with Gasteiger partial charge in [0.15, 0.2) is 0 Å². The van der Waals surface area contributed by atoms with E-state index in [1.807, 2.05) is 4.90 Å². The maximum absolute atomic E-state index is 2.44. The van der Waals surface area contributed by atoms with Gasteiger partial charge in [-0.05, 0) is 32.9 Å². The van der Waals surface area contributed by atoms with Gasteiger partial charge in [-0.3, -0.25) is 0 Å². The van der Waals surface area contributed by atoms with E-state index >= 15 is 0 Å². The summed E-state index contributed by atoms with van der Waals surface area (Å²) in [5, 5.41) is 0. The molecule has 2 rings (SSSR count). The van der Waals surface area contributed by atoms with Crippen molar-refractivity contribution in [3.63, 3.8) is 0 Å². The topological polar surface area (TPSA) is 7.68 Å². The number of hydrogen-bond donors (Lipinski definition) is 1. The first-order valence-electron chi connectivity index (χ1n) is 7.65. The highest BCUT2D eigenvalue weighted by atomic mass is 15.2. The molecule has 2 heteroatoms. The Bertz CT molecular complexity index is 219. The van der Waals surface area contributed by atoms with E-state index in [9.17, 15) is 0 Å². The zero-order chi connectivity index (χ0) is 12.3. The normalized spacial score (nSPS) is 39.5. The number of piperidine rings is 1. The molecular formula is C15H31N2+. The van der Waals surface area contributed by atoms with Crippen molar-refractivity contribution in [2.75, 3.05) is 33.7 Å². The van der Waals surface area contributed by atoms with E-state index < -0.39 is 0 Å². The molecule has 1 aliphatic heterocycles. The van der Waals surface area contributed by atoms with Crippen molar-refractivity contribution in [3.8, 4) is 0 Å². The summed E-state index contributed by atoms with van der Waals surface area (Å²) < 4.78 is 0. The number of nitrogens with one attached hydrogen (secondary N) is 1. The Hall–Kier alpha value is -0.0800. The molecule has 100 valence electrons. The summed E-state index contributed by atoms with van der Waals surface area (Å²) in [4.78, 5) is 4.31. The van der Waals surface area contributed by atoms with Gasteiger partial charge in [0.05, 0.1) is 19.6 Å². The molecule has 2 fully saturated rings. The summed E-state index contributed by atoms with van der Waals surface area (Å²) in [5.74, 6) is 2.03. The first-order chi connectivity index (χ1) is 8.15. The van der Waals surface area contributed by atoms with Crippen LogP contribution >= 0.6 is 0 Å². The Balaban J connectivity index is 1.70. The third kappa shape index (κ3) is 3.96. The summed E-state index contributed by atoms with van der Waals surface area (Å²) in [6.45, 7) is 6.73. The molecule has 2 nitrogen and oxygen atoms in total. The maximum atomic E-state index is 2.44. The van der Waals surface area contributed by atoms with E-state index in [1.54, 1.807) is 0 Å². The van der Waals surface area contributed by atoms with Gasteiger partial charge in [-0.25, -0.2) is 0 Å². The van der Waals surface area contributed by atoms with E-state index in [2.05, 4.69) is 25.9 Å². The lowest BCUT2D eigenvalue weighted by atomic mass is 9.82. The van der Waals surface area contributed by atoms with Crippen molar-refractivity contribution in [3.05, 3.63) is 0 Å². The van der Waals surface area contributed by atoms with Crippen LogP contribution in [0.5, 0.6) is 0 Å². The Kier molecular flexibility index (Phi) is 4.87. The van der Waals surface area contributed by atoms with Gasteiger partial charge in [0, 0.05) is 24.8 Å². The van der Waals surface area contributed by atoms with Crippen molar-refractivity contribution in [2.24, 2.45) is 11.8 Å². The predicted molar refractivity (Wildman–Crippen MR) is 73.4 cm³/mol. The molecule has 0 aromatic rings. The highest BCUT2D eigenvalue weighted by Gasteiger charge is 2.27. The smallest absolute Gasteiger partial charge is 0.0799 e. The molecular weight excluding hydrogens is 208 g/mol. The average molecular weight is 239 g/mol. The molecule has 2 aliphatic rings. The predicted octanol–water partition coefficient (Wildman–Crippen LogP) is 1.42. The van der Waals surface area contributed by atoms with E-state index in [4.69, 9.17) is 0 Å². The van der Waals surface area contributed by atoms with Gasteiger partial charge in [0.2, 0.25) is 0 Å². The van der Waals surface area contributed by atoms with Crippen LogP contribution in [0.25, 0.3) is 0 Å². The van der Waals surface area contributed by atoms with E-state index in [-0.39, 0.29) is 0 Å². The van der Waals surface area contributed by atoms with Crippen molar-refractivity contribution >= 4 is 0 Å². The number of nitrogens with zero attached hydrogens (tertiary/aromatic N) is 1. The zero-order valence-electron chi connectivity index (χ0n) is 12.0. The van der Waals surface area contributed by atoms with E-state index in [1.165, 1.54) is 58.2 Å². The minimum absolute atomic E-state index is 0.851. The molecule has 1 heterocycles. The Morgan fingerprint density at radius 3 is 2.35 bits per heavy atom. The van der Waals surface area contributed by atoms with Crippen LogP contribution in [0.2, 0.25) is 0 Å². The van der Waals surface area contributed by atoms with Crippen LogP contribution in [0.3, 0.4) is 0 Å². The molecule has 0 bridgehead atoms. The fourth-order valence-electron chi connectivity index (χ4n) is 3.88. The van der Waals surface area contributed by atoms with E-state index in [0.717, 1.165) is 17.9 Å². The Morgan fingerprint density at radius 2 is 1.76 bits per heavy atom. The van der Waals surface area contributed by atoms with Crippen LogP contribution in [-0.4, -0.2) is 44.7 Å². The first kappa shape index (κ1) is 13.4. The standard InChI is InChI=1S/C15H30N2/c1-13-5-4-6-14(11-13)12-17-9-7-15(8-10-17)16(2)3/h13-15H,4-12H2,1-3H3/p+1. The number of rotatable bonds is 3. The second kappa shape index (κ2) is 6.19. The summed E-state index contributed by atoms with van der Waals surface area (Å²) in [6, 6.07) is 0.851. The van der Waals surface area contributed by atoms with Gasteiger partial charge < -0.3 is 9.80 Å². The van der Waals surface area contributed by atoms with Crippen molar-refractivity contribution in [2.45, 2.75) is 51.5 Å². The number of likely N-dealkylation sites (tertiary alicyclic amines) is 1. The highest BCUT2D eigenvalue weighted by Crippen LogP contribution is 2.27. The van der Waals surface area contributed by atoms with Crippen molar-refractivity contribution < 1.29 is 4.90 Å². The van der Waals surface area contributed by atoms with Crippen LogP contribution < -0.4 is 4.90 Å². The quantitative estimate of drug-likeness (QED) is 0.783. The van der Waals surface area contributed by atoms with Crippen LogP contribution in [0.1, 0.15) is 45.4 Å². The Labute approximate surface area is 107 Å². The fourth-order valence-corrected chi connectivity index (χ4v) is 3.88. The molecule has 0 radical (unpaired) electrons. The molecule has 1 N–H and O–H groups in total. The SMILES string of the molecule is CC1CCCC(C[NH+]2CCC(N(C)C)CC2)C1. The lowest BCUT2D eigenvalue weighted by Crippen LogP contribution is -3.14. The van der Waals surface area contributed by atoms with Crippen LogP contribution in [-0.2, 0) is 0 Å². The third-order valence-electron chi connectivity index (χ3n) is 5.01. The molecule has 0 aromatic heterocycles. The summed E-state index contributed by atoms with van der Waals surface area (Å²) >= 11 is 0. The summed E-state index contributed by atoms with van der Waals surface area (Å²) in [5.41, 5.74) is 0. The molecule has 2 unspecified atom stereocenters. The summed E-state index contributed by atoms with van der Waals surface area (Å²) in [6.07, 6.45) is 8.79. The van der Waals surface area contributed by atoms with Gasteiger partial charge in [-0.15, -0.1) is 0 Å². The van der Waals surface area contributed by atoms with Crippen LogP contribution in [0.4, 0.5) is 0 Å². The van der Waals surface area contributed by atoms with Crippen molar-refractivity contribution in [1.82, 2.24) is 4.90 Å². The van der Waals surface area contributed by atoms with Gasteiger partial charge in [0.25, 0.3) is 0 Å².